The van der Waals surface area contributed by atoms with Crippen molar-refractivity contribution in [2.75, 3.05) is 6.54 Å². The van der Waals surface area contributed by atoms with Crippen molar-refractivity contribution in [2.24, 2.45) is 5.92 Å². The lowest BCUT2D eigenvalue weighted by molar-refractivity contribution is -0.149. The zero-order chi connectivity index (χ0) is 14.2. The van der Waals surface area contributed by atoms with E-state index in [9.17, 15) is 18.0 Å². The molecule has 2 fully saturated rings. The number of hydrogen-bond acceptors (Lipinski definition) is 4. The average molecular weight is 291 g/mol. The van der Waals surface area contributed by atoms with Crippen molar-refractivity contribution in [2.45, 2.75) is 43.4 Å². The molecule has 8 heteroatoms. The molecule has 2 rings (SSSR count). The first-order valence-electron chi connectivity index (χ1n) is 6.30. The summed E-state index contributed by atoms with van der Waals surface area (Å²) in [5, 5.41) is 8.13. The van der Waals surface area contributed by atoms with Crippen molar-refractivity contribution in [3.05, 3.63) is 0 Å². The molecule has 1 saturated carbocycles. The van der Waals surface area contributed by atoms with Gasteiger partial charge >= 0.3 is 5.97 Å². The molecule has 0 radical (unpaired) electrons. The van der Waals surface area contributed by atoms with E-state index in [1.165, 1.54) is 4.90 Å². The third-order valence-electron chi connectivity index (χ3n) is 3.98. The van der Waals surface area contributed by atoms with Gasteiger partial charge in [0.1, 0.15) is 6.04 Å². The highest BCUT2D eigenvalue weighted by atomic mass is 32.2. The summed E-state index contributed by atoms with van der Waals surface area (Å²) in [4.78, 5) is 24.6. The van der Waals surface area contributed by atoms with Gasteiger partial charge in [0.05, 0.1) is 5.25 Å². The number of nitrogens with zero attached hydrogens (tertiary/aromatic N) is 1. The lowest BCUT2D eigenvalue weighted by Gasteiger charge is -2.24. The summed E-state index contributed by atoms with van der Waals surface area (Å²) in [7, 11) is -4.11. The SMILES string of the molecule is O=C(O)[C@@H]1CCCN1C(=O)C1CCC(S(=O)(=O)O)C1. The molecular weight excluding hydrogens is 274 g/mol. The first-order chi connectivity index (χ1) is 8.80. The Bertz CT molecular complexity index is 487. The van der Waals surface area contributed by atoms with Gasteiger partial charge in [-0.3, -0.25) is 9.35 Å². The monoisotopic (exact) mass is 291 g/mol. The highest BCUT2D eigenvalue weighted by Crippen LogP contribution is 2.33. The van der Waals surface area contributed by atoms with Crippen molar-refractivity contribution >= 4 is 22.0 Å². The van der Waals surface area contributed by atoms with Crippen LogP contribution in [-0.2, 0) is 19.7 Å². The summed E-state index contributed by atoms with van der Waals surface area (Å²) in [5.74, 6) is -1.81. The Morgan fingerprint density at radius 1 is 1.16 bits per heavy atom. The molecule has 1 amide bonds. The Hall–Kier alpha value is -1.15. The number of likely N-dealkylation sites (tertiary alicyclic amines) is 1. The second kappa shape index (κ2) is 5.09. The topological polar surface area (TPSA) is 112 Å². The van der Waals surface area contributed by atoms with Crippen LogP contribution < -0.4 is 0 Å². The molecule has 19 heavy (non-hydrogen) atoms. The quantitative estimate of drug-likeness (QED) is 0.714. The molecular formula is C11H17NO6S. The molecule has 2 unspecified atom stereocenters. The Balaban J connectivity index is 2.04. The van der Waals surface area contributed by atoms with E-state index in [0.717, 1.165) is 0 Å². The largest absolute Gasteiger partial charge is 0.480 e. The van der Waals surface area contributed by atoms with Gasteiger partial charge in [-0.05, 0) is 32.1 Å². The van der Waals surface area contributed by atoms with Crippen molar-refractivity contribution < 1.29 is 27.7 Å². The van der Waals surface area contributed by atoms with Crippen LogP contribution in [0.2, 0.25) is 0 Å². The van der Waals surface area contributed by atoms with E-state index in [1.807, 2.05) is 0 Å². The Labute approximate surface area is 111 Å². The second-order valence-electron chi connectivity index (χ2n) is 5.17. The molecule has 7 nitrogen and oxygen atoms in total. The summed E-state index contributed by atoms with van der Waals surface area (Å²) in [5.41, 5.74) is 0. The van der Waals surface area contributed by atoms with Crippen LogP contribution in [0.1, 0.15) is 32.1 Å². The van der Waals surface area contributed by atoms with E-state index in [-0.39, 0.29) is 18.7 Å². The predicted octanol–water partition coefficient (Wildman–Crippen LogP) is 0.119. The number of hydrogen-bond donors (Lipinski definition) is 2. The lowest BCUT2D eigenvalue weighted by atomic mass is 10.1. The smallest absolute Gasteiger partial charge is 0.326 e. The number of carbonyl (C=O) groups is 2. The number of aliphatic carboxylic acids is 1. The van der Waals surface area contributed by atoms with Crippen LogP contribution in [0.25, 0.3) is 0 Å². The number of amides is 1. The van der Waals surface area contributed by atoms with E-state index in [4.69, 9.17) is 9.66 Å². The van der Waals surface area contributed by atoms with Gasteiger partial charge in [0.2, 0.25) is 5.91 Å². The molecule has 2 aliphatic rings. The highest BCUT2D eigenvalue weighted by molar-refractivity contribution is 7.86. The summed E-state index contributed by atoms with van der Waals surface area (Å²) >= 11 is 0. The fourth-order valence-corrected chi connectivity index (χ4v) is 3.87. The van der Waals surface area contributed by atoms with Crippen molar-refractivity contribution in [3.8, 4) is 0 Å². The number of rotatable bonds is 3. The van der Waals surface area contributed by atoms with Gasteiger partial charge in [0.15, 0.2) is 0 Å². The van der Waals surface area contributed by atoms with Gasteiger partial charge in [-0.2, -0.15) is 8.42 Å². The Kier molecular flexibility index (Phi) is 3.82. The van der Waals surface area contributed by atoms with Gasteiger partial charge in [-0.15, -0.1) is 0 Å². The zero-order valence-electron chi connectivity index (χ0n) is 10.4. The van der Waals surface area contributed by atoms with E-state index in [1.54, 1.807) is 0 Å². The van der Waals surface area contributed by atoms with Crippen LogP contribution in [0.5, 0.6) is 0 Å². The standard InChI is InChI=1S/C11H17NO6S/c13-10(12-5-1-2-9(12)11(14)15)7-3-4-8(6-7)19(16,17)18/h7-9H,1-6H2,(H,14,15)(H,16,17,18)/t7?,8?,9-/m0/s1. The molecule has 1 aliphatic carbocycles. The number of carboxylic acids is 1. The zero-order valence-corrected chi connectivity index (χ0v) is 11.2. The minimum atomic E-state index is -4.11. The molecule has 0 aromatic carbocycles. The molecule has 0 aromatic heterocycles. The maximum absolute atomic E-state index is 12.2. The van der Waals surface area contributed by atoms with Crippen LogP contribution >= 0.6 is 0 Å². The minimum absolute atomic E-state index is 0.0838. The molecule has 2 N–H and O–H groups in total. The second-order valence-corrected chi connectivity index (χ2v) is 6.87. The van der Waals surface area contributed by atoms with E-state index in [2.05, 4.69) is 0 Å². The van der Waals surface area contributed by atoms with E-state index >= 15 is 0 Å². The lowest BCUT2D eigenvalue weighted by Crippen LogP contribution is -2.43. The van der Waals surface area contributed by atoms with Crippen LogP contribution in [0.3, 0.4) is 0 Å². The van der Waals surface area contributed by atoms with Gasteiger partial charge in [0, 0.05) is 12.5 Å². The molecule has 0 spiro atoms. The maximum atomic E-state index is 12.2. The van der Waals surface area contributed by atoms with Crippen LogP contribution in [0.15, 0.2) is 0 Å². The van der Waals surface area contributed by atoms with Gasteiger partial charge in [-0.25, -0.2) is 4.79 Å². The molecule has 0 bridgehead atoms. The molecule has 108 valence electrons. The average Bonchev–Trinajstić information content (AvgIpc) is 2.96. The van der Waals surface area contributed by atoms with Crippen LogP contribution in [0, 0.1) is 5.92 Å². The molecule has 1 saturated heterocycles. The molecule has 1 heterocycles. The number of carbonyl (C=O) groups excluding carboxylic acids is 1. The first-order valence-corrected chi connectivity index (χ1v) is 7.80. The first kappa shape index (κ1) is 14.3. The fourth-order valence-electron chi connectivity index (χ4n) is 2.96. The summed E-state index contributed by atoms with van der Waals surface area (Å²) < 4.78 is 31.0. The van der Waals surface area contributed by atoms with Crippen LogP contribution in [0.4, 0.5) is 0 Å². The number of carboxylic acid groups (broad SMARTS) is 1. The molecule has 1 aliphatic heterocycles. The van der Waals surface area contributed by atoms with Crippen molar-refractivity contribution in [1.82, 2.24) is 4.90 Å². The van der Waals surface area contributed by atoms with E-state index in [0.29, 0.717) is 25.8 Å². The molecule has 0 aromatic rings. The Morgan fingerprint density at radius 2 is 1.84 bits per heavy atom. The van der Waals surface area contributed by atoms with Crippen molar-refractivity contribution in [1.29, 1.82) is 0 Å². The maximum Gasteiger partial charge on any atom is 0.326 e. The summed E-state index contributed by atoms with van der Waals surface area (Å²) in [6.45, 7) is 0.406. The predicted molar refractivity (Wildman–Crippen MR) is 65.0 cm³/mol. The Morgan fingerprint density at radius 3 is 2.37 bits per heavy atom. The van der Waals surface area contributed by atoms with Gasteiger partial charge < -0.3 is 10.0 Å². The molecule has 3 atom stereocenters. The van der Waals surface area contributed by atoms with Gasteiger partial charge in [0.25, 0.3) is 10.1 Å². The fraction of sp³-hybridized carbons (Fsp3) is 0.818. The van der Waals surface area contributed by atoms with Gasteiger partial charge in [-0.1, -0.05) is 0 Å². The minimum Gasteiger partial charge on any atom is -0.480 e. The summed E-state index contributed by atoms with van der Waals surface area (Å²) in [6.07, 6.45) is 1.81. The highest BCUT2D eigenvalue weighted by Gasteiger charge is 2.42. The third-order valence-corrected chi connectivity index (χ3v) is 5.25. The summed E-state index contributed by atoms with van der Waals surface area (Å²) in [6, 6.07) is -0.794. The third kappa shape index (κ3) is 2.89. The van der Waals surface area contributed by atoms with E-state index < -0.39 is 33.3 Å². The normalized spacial score (nSPS) is 31.6. The van der Waals surface area contributed by atoms with Crippen LogP contribution in [-0.4, -0.2) is 52.7 Å². The van der Waals surface area contributed by atoms with Crippen molar-refractivity contribution in [3.63, 3.8) is 0 Å².